The number of nitrogens with zero attached hydrogens (tertiary/aromatic N) is 4. The second-order valence-electron chi connectivity index (χ2n) is 5.16. The van der Waals surface area contributed by atoms with E-state index < -0.39 is 12.1 Å². The summed E-state index contributed by atoms with van der Waals surface area (Å²) < 4.78 is 14.3. The molecular weight excluding hydrogens is 306 g/mol. The SMILES string of the molecule is [3H]CCO[C@H]1C(=O)[C@H](n2cnc3c(Cl)nc(N)nc32)C(=C)[C@@H]1C. The summed E-state index contributed by atoms with van der Waals surface area (Å²) in [5, 5.41) is 0.136. The number of imidazole rings is 1. The van der Waals surface area contributed by atoms with Crippen molar-refractivity contribution in [1.82, 2.24) is 19.5 Å². The molecule has 0 saturated heterocycles. The Bertz CT molecular complexity index is 793. The molecule has 2 heterocycles. The quantitative estimate of drug-likeness (QED) is 0.683. The maximum atomic E-state index is 12.7. The van der Waals surface area contributed by atoms with E-state index in [4.69, 9.17) is 23.4 Å². The molecule has 1 fully saturated rings. The molecule has 0 radical (unpaired) electrons. The van der Waals surface area contributed by atoms with Gasteiger partial charge in [-0.3, -0.25) is 4.79 Å². The van der Waals surface area contributed by atoms with Gasteiger partial charge >= 0.3 is 0 Å². The largest absolute Gasteiger partial charge is 0.370 e. The molecule has 0 unspecified atom stereocenters. The van der Waals surface area contributed by atoms with Crippen molar-refractivity contribution in [3.05, 3.63) is 23.6 Å². The third-order valence-electron chi connectivity index (χ3n) is 3.91. The van der Waals surface area contributed by atoms with E-state index in [1.165, 1.54) is 6.33 Å². The minimum atomic E-state index is -0.642. The molecule has 1 aliphatic rings. The highest BCUT2D eigenvalue weighted by atomic mass is 35.5. The summed E-state index contributed by atoms with van der Waals surface area (Å²) in [7, 11) is 0. The summed E-state index contributed by atoms with van der Waals surface area (Å²) in [6.45, 7) is 6.21. The van der Waals surface area contributed by atoms with Crippen LogP contribution in [0.15, 0.2) is 18.5 Å². The second-order valence-corrected chi connectivity index (χ2v) is 5.51. The van der Waals surface area contributed by atoms with Gasteiger partial charge in [-0.05, 0) is 12.5 Å². The van der Waals surface area contributed by atoms with E-state index in [1.807, 2.05) is 6.92 Å². The Morgan fingerprint density at radius 1 is 1.59 bits per heavy atom. The predicted octanol–water partition coefficient (Wildman–Crippen LogP) is 1.78. The van der Waals surface area contributed by atoms with Crippen LogP contribution in [0.25, 0.3) is 11.2 Å². The Morgan fingerprint density at radius 3 is 3.09 bits per heavy atom. The molecule has 22 heavy (non-hydrogen) atoms. The Hall–Kier alpha value is -1.99. The van der Waals surface area contributed by atoms with Crippen molar-refractivity contribution >= 4 is 34.5 Å². The van der Waals surface area contributed by atoms with Gasteiger partial charge in [-0.2, -0.15) is 9.97 Å². The first kappa shape index (κ1) is 13.7. The summed E-state index contributed by atoms with van der Waals surface area (Å²) in [4.78, 5) is 24.9. The number of aromatic nitrogens is 4. The highest BCUT2D eigenvalue weighted by Crippen LogP contribution is 2.39. The van der Waals surface area contributed by atoms with Crippen molar-refractivity contribution in [2.45, 2.75) is 26.0 Å². The first-order valence-corrected chi connectivity index (χ1v) is 7.12. The van der Waals surface area contributed by atoms with Crippen LogP contribution in [0, 0.1) is 5.92 Å². The summed E-state index contributed by atoms with van der Waals surface area (Å²) in [5.41, 5.74) is 7.11. The number of halogens is 1. The molecule has 7 nitrogen and oxygen atoms in total. The molecule has 0 amide bonds. The molecule has 2 aromatic rings. The molecule has 2 aromatic heterocycles. The fraction of sp³-hybridized carbons (Fsp3) is 0.429. The van der Waals surface area contributed by atoms with Crippen LogP contribution in [0.1, 0.15) is 21.2 Å². The Labute approximate surface area is 133 Å². The van der Waals surface area contributed by atoms with Crippen molar-refractivity contribution in [3.8, 4) is 0 Å². The van der Waals surface area contributed by atoms with E-state index in [1.54, 1.807) is 4.57 Å². The first-order valence-electron chi connectivity index (χ1n) is 7.45. The molecule has 2 N–H and O–H groups in total. The van der Waals surface area contributed by atoms with Gasteiger partial charge in [-0.1, -0.05) is 25.1 Å². The molecule has 3 rings (SSSR count). The lowest BCUT2D eigenvalue weighted by Crippen LogP contribution is -2.26. The maximum Gasteiger partial charge on any atom is 0.223 e. The summed E-state index contributed by atoms with van der Waals surface area (Å²) in [6.07, 6.45) is 0.864. The third kappa shape index (κ3) is 2.08. The predicted molar refractivity (Wildman–Crippen MR) is 82.5 cm³/mol. The van der Waals surface area contributed by atoms with Crippen LogP contribution in [0.3, 0.4) is 0 Å². The highest BCUT2D eigenvalue weighted by molar-refractivity contribution is 6.33. The number of hydrogen-bond donors (Lipinski definition) is 1. The Morgan fingerprint density at radius 2 is 2.36 bits per heavy atom. The van der Waals surface area contributed by atoms with Gasteiger partial charge < -0.3 is 15.0 Å². The molecule has 0 spiro atoms. The molecular formula is C14H16ClN5O2. The number of rotatable bonds is 3. The smallest absolute Gasteiger partial charge is 0.223 e. The third-order valence-corrected chi connectivity index (χ3v) is 4.18. The molecule has 0 bridgehead atoms. The molecule has 8 heteroatoms. The van der Waals surface area contributed by atoms with Gasteiger partial charge in [0.25, 0.3) is 0 Å². The van der Waals surface area contributed by atoms with Crippen molar-refractivity contribution in [2.24, 2.45) is 5.92 Å². The van der Waals surface area contributed by atoms with E-state index in [2.05, 4.69) is 21.5 Å². The van der Waals surface area contributed by atoms with Gasteiger partial charge in [0.2, 0.25) is 5.95 Å². The second kappa shape index (κ2) is 5.33. The number of nitrogen functional groups attached to an aromatic ring is 1. The monoisotopic (exact) mass is 323 g/mol. The van der Waals surface area contributed by atoms with E-state index in [-0.39, 0.29) is 36.3 Å². The number of anilines is 1. The van der Waals surface area contributed by atoms with Crippen LogP contribution in [0.2, 0.25) is 5.15 Å². The zero-order valence-electron chi connectivity index (χ0n) is 13.0. The lowest BCUT2D eigenvalue weighted by molar-refractivity contribution is -0.130. The number of Topliss-reactive ketones (excluding diaryl/α,β-unsaturated/α-hetero) is 1. The molecule has 1 saturated carbocycles. The number of hydrogen-bond acceptors (Lipinski definition) is 6. The van der Waals surface area contributed by atoms with Gasteiger partial charge in [0, 0.05) is 13.9 Å². The van der Waals surface area contributed by atoms with Gasteiger partial charge in [0.15, 0.2) is 16.6 Å². The van der Waals surface area contributed by atoms with Gasteiger partial charge in [-0.25, -0.2) is 4.98 Å². The normalized spacial score (nSPS) is 25.9. The molecule has 0 aliphatic heterocycles. The van der Waals surface area contributed by atoms with Gasteiger partial charge in [0.1, 0.15) is 17.7 Å². The minimum absolute atomic E-state index is 0.00960. The fourth-order valence-electron chi connectivity index (χ4n) is 2.78. The van der Waals surface area contributed by atoms with E-state index in [9.17, 15) is 4.79 Å². The average Bonchev–Trinajstić information content (AvgIpc) is 2.99. The molecule has 0 aromatic carbocycles. The zero-order chi connectivity index (χ0) is 16.7. The highest BCUT2D eigenvalue weighted by Gasteiger charge is 2.45. The van der Waals surface area contributed by atoms with Crippen LogP contribution in [0.5, 0.6) is 0 Å². The van der Waals surface area contributed by atoms with Crippen molar-refractivity contribution in [1.29, 1.82) is 0 Å². The average molecular weight is 324 g/mol. The summed E-state index contributed by atoms with van der Waals surface area (Å²) >= 11 is 6.02. The molecule has 3 atom stereocenters. The first-order chi connectivity index (χ1) is 11.0. The topological polar surface area (TPSA) is 95.9 Å². The van der Waals surface area contributed by atoms with E-state index >= 15 is 0 Å². The number of carbonyl (C=O) groups excluding carboxylic acids is 1. The molecule has 1 aliphatic carbocycles. The number of ketones is 1. The standard InChI is InChI=1S/C14H16ClN5O2/c1-4-22-11-7(3)6(2)9(10(11)21)20-5-17-8-12(15)18-14(16)19-13(8)20/h5,7,9,11H,2,4H2,1,3H3,(H2,16,18,19)/t7-,9+,11+/m0/s1/i1T. The minimum Gasteiger partial charge on any atom is -0.370 e. The van der Waals surface area contributed by atoms with Gasteiger partial charge in [0.05, 0.1) is 6.33 Å². The summed E-state index contributed by atoms with van der Waals surface area (Å²) in [5.74, 6) is -0.287. The number of fused-ring (bicyclic) bond motifs is 1. The van der Waals surface area contributed by atoms with Crippen molar-refractivity contribution < 1.29 is 10.9 Å². The van der Waals surface area contributed by atoms with Crippen molar-refractivity contribution in [3.63, 3.8) is 0 Å². The number of ether oxygens (including phenoxy) is 1. The fourth-order valence-corrected chi connectivity index (χ4v) is 3.00. The van der Waals surface area contributed by atoms with E-state index in [0.29, 0.717) is 16.7 Å². The maximum absolute atomic E-state index is 12.7. The Kier molecular flexibility index (Phi) is 3.31. The number of carbonyl (C=O) groups is 1. The van der Waals surface area contributed by atoms with Crippen LogP contribution in [-0.4, -0.2) is 38.0 Å². The van der Waals surface area contributed by atoms with Crippen LogP contribution in [-0.2, 0) is 9.53 Å². The van der Waals surface area contributed by atoms with Gasteiger partial charge in [-0.15, -0.1) is 0 Å². The lowest BCUT2D eigenvalue weighted by atomic mass is 10.0. The summed E-state index contributed by atoms with van der Waals surface area (Å²) in [6, 6.07) is -0.642. The van der Waals surface area contributed by atoms with Crippen LogP contribution < -0.4 is 5.73 Å². The molecule has 116 valence electrons. The van der Waals surface area contributed by atoms with Crippen molar-refractivity contribution in [2.75, 3.05) is 12.3 Å². The lowest BCUT2D eigenvalue weighted by Gasteiger charge is -2.13. The Balaban J connectivity index is 2.05. The van der Waals surface area contributed by atoms with Crippen LogP contribution in [0.4, 0.5) is 5.95 Å². The zero-order valence-corrected chi connectivity index (χ0v) is 12.7. The van der Waals surface area contributed by atoms with E-state index in [0.717, 1.165) is 0 Å². The van der Waals surface area contributed by atoms with Crippen LogP contribution >= 0.6 is 11.6 Å². The number of nitrogens with two attached hydrogens (primary N) is 1.